The highest BCUT2D eigenvalue weighted by Gasteiger charge is 2.27. The summed E-state index contributed by atoms with van der Waals surface area (Å²) in [7, 11) is 0. The number of urea groups is 1. The molecule has 3 amide bonds. The van der Waals surface area contributed by atoms with Crippen molar-refractivity contribution in [3.8, 4) is 0 Å². The third-order valence-corrected chi connectivity index (χ3v) is 6.31. The number of fused-ring (bicyclic) bond motifs is 1. The number of nitrogens with zero attached hydrogens (tertiary/aromatic N) is 5. The number of imide groups is 1. The van der Waals surface area contributed by atoms with Crippen LogP contribution in [-0.2, 0) is 17.8 Å². The van der Waals surface area contributed by atoms with Crippen LogP contribution in [0.15, 0.2) is 43.0 Å². The molecular weight excluding hydrogens is 411 g/mol. The van der Waals surface area contributed by atoms with Crippen molar-refractivity contribution in [1.29, 1.82) is 0 Å². The summed E-state index contributed by atoms with van der Waals surface area (Å²) < 4.78 is 15.1. The number of pyridine rings is 2. The minimum atomic E-state index is -0.401. The Morgan fingerprint density at radius 2 is 1.91 bits per heavy atom. The van der Waals surface area contributed by atoms with Crippen LogP contribution in [-0.4, -0.2) is 51.1 Å². The molecule has 2 aliphatic rings. The van der Waals surface area contributed by atoms with Crippen molar-refractivity contribution in [2.24, 2.45) is 5.92 Å². The van der Waals surface area contributed by atoms with Crippen molar-refractivity contribution in [1.82, 2.24) is 24.8 Å². The van der Waals surface area contributed by atoms with Crippen molar-refractivity contribution >= 4 is 23.1 Å². The summed E-state index contributed by atoms with van der Waals surface area (Å²) in [5.41, 5.74) is 3.70. The number of piperidine rings is 1. The molecule has 0 saturated carbocycles. The number of anilines is 1. The summed E-state index contributed by atoms with van der Waals surface area (Å²) in [4.78, 5) is 31.6. The van der Waals surface area contributed by atoms with Crippen molar-refractivity contribution < 1.29 is 14.0 Å². The Kier molecular flexibility index (Phi) is 5.57. The number of halogens is 1. The monoisotopic (exact) mass is 436 g/mol. The minimum Gasteiger partial charge on any atom is -0.299 e. The average molecular weight is 436 g/mol. The first-order valence-electron chi connectivity index (χ1n) is 10.9. The van der Waals surface area contributed by atoms with Crippen molar-refractivity contribution in [3.63, 3.8) is 0 Å². The van der Waals surface area contributed by atoms with Crippen LogP contribution in [0.2, 0.25) is 0 Å². The largest absolute Gasteiger partial charge is 0.328 e. The van der Waals surface area contributed by atoms with E-state index in [4.69, 9.17) is 0 Å². The zero-order valence-electron chi connectivity index (χ0n) is 17.7. The van der Waals surface area contributed by atoms with E-state index >= 15 is 0 Å². The summed E-state index contributed by atoms with van der Waals surface area (Å²) in [5, 5.41) is 6.73. The molecule has 3 aromatic heterocycles. The van der Waals surface area contributed by atoms with Gasteiger partial charge in [0.15, 0.2) is 0 Å². The Morgan fingerprint density at radius 1 is 1.06 bits per heavy atom. The SMILES string of the molecule is O=C1CCN(c2cnn3ccc(CC4CCN(Cc5cncc(F)c5)CC4)cc23)C(=O)N1. The number of nitrogens with one attached hydrogen (secondary N) is 1. The van der Waals surface area contributed by atoms with Gasteiger partial charge in [0, 0.05) is 31.9 Å². The Labute approximate surface area is 185 Å². The summed E-state index contributed by atoms with van der Waals surface area (Å²) >= 11 is 0. The number of aromatic nitrogens is 3. The molecule has 5 heterocycles. The summed E-state index contributed by atoms with van der Waals surface area (Å²) in [6.07, 6.45) is 9.96. The second kappa shape index (κ2) is 8.66. The van der Waals surface area contributed by atoms with Gasteiger partial charge in [0.1, 0.15) is 5.82 Å². The molecule has 9 heteroatoms. The lowest BCUT2D eigenvalue weighted by atomic mass is 9.90. The van der Waals surface area contributed by atoms with E-state index in [-0.39, 0.29) is 18.1 Å². The second-order valence-corrected chi connectivity index (χ2v) is 8.58. The van der Waals surface area contributed by atoms with Gasteiger partial charge in [-0.2, -0.15) is 5.10 Å². The first-order chi connectivity index (χ1) is 15.5. The Morgan fingerprint density at radius 3 is 2.69 bits per heavy atom. The highest BCUT2D eigenvalue weighted by atomic mass is 19.1. The van der Waals surface area contributed by atoms with Gasteiger partial charge in [0.05, 0.1) is 23.6 Å². The maximum atomic E-state index is 13.4. The maximum absolute atomic E-state index is 13.4. The summed E-state index contributed by atoms with van der Waals surface area (Å²) in [6.45, 7) is 3.03. The third kappa shape index (κ3) is 4.34. The van der Waals surface area contributed by atoms with E-state index in [9.17, 15) is 14.0 Å². The molecule has 0 radical (unpaired) electrons. The normalized spacial score (nSPS) is 18.3. The van der Waals surface area contributed by atoms with Crippen molar-refractivity contribution in [3.05, 3.63) is 59.9 Å². The Hall–Kier alpha value is -3.33. The van der Waals surface area contributed by atoms with Crippen molar-refractivity contribution in [2.75, 3.05) is 24.5 Å². The lowest BCUT2D eigenvalue weighted by Crippen LogP contribution is -2.49. The quantitative estimate of drug-likeness (QED) is 0.665. The van der Waals surface area contributed by atoms with E-state index in [2.05, 4.69) is 32.4 Å². The number of hydrogen-bond acceptors (Lipinski definition) is 5. The van der Waals surface area contributed by atoms with E-state index in [0.29, 0.717) is 12.5 Å². The standard InChI is InChI=1S/C23H25FN6O2/c24-19-10-18(12-25-13-19)15-28-5-1-16(2-6-28)9-17-3-8-30-20(11-17)21(14-26-30)29-7-4-22(31)27-23(29)32/h3,8,10-14,16H,1-2,4-7,9,15H2,(H,27,31,32). The number of carbonyl (C=O) groups excluding carboxylic acids is 2. The number of rotatable bonds is 5. The number of carbonyl (C=O) groups is 2. The van der Waals surface area contributed by atoms with E-state index in [1.165, 1.54) is 11.8 Å². The maximum Gasteiger partial charge on any atom is 0.328 e. The van der Waals surface area contributed by atoms with Gasteiger partial charge in [0.25, 0.3) is 0 Å². The second-order valence-electron chi connectivity index (χ2n) is 8.58. The molecule has 0 atom stereocenters. The van der Waals surface area contributed by atoms with Gasteiger partial charge >= 0.3 is 6.03 Å². The molecule has 0 aliphatic carbocycles. The fraction of sp³-hybridized carbons (Fsp3) is 0.391. The summed E-state index contributed by atoms with van der Waals surface area (Å²) in [6, 6.07) is 5.32. The molecule has 2 aliphatic heterocycles. The first kappa shape index (κ1) is 20.6. The van der Waals surface area contributed by atoms with E-state index in [1.807, 2.05) is 6.20 Å². The molecule has 0 spiro atoms. The highest BCUT2D eigenvalue weighted by Crippen LogP contribution is 2.27. The van der Waals surface area contributed by atoms with Crippen molar-refractivity contribution in [2.45, 2.75) is 32.2 Å². The lowest BCUT2D eigenvalue weighted by molar-refractivity contribution is -0.120. The third-order valence-electron chi connectivity index (χ3n) is 6.31. The van der Waals surface area contributed by atoms with Gasteiger partial charge in [-0.15, -0.1) is 0 Å². The molecular formula is C23H25FN6O2. The predicted octanol–water partition coefficient (Wildman–Crippen LogP) is 2.77. The molecule has 2 fully saturated rings. The summed E-state index contributed by atoms with van der Waals surface area (Å²) in [5.74, 6) is 0.0330. The van der Waals surface area contributed by atoms with Crippen LogP contribution in [0.25, 0.3) is 5.52 Å². The molecule has 2 saturated heterocycles. The smallest absolute Gasteiger partial charge is 0.299 e. The Bertz CT molecular complexity index is 1150. The fourth-order valence-electron chi connectivity index (χ4n) is 4.62. The zero-order chi connectivity index (χ0) is 22.1. The minimum absolute atomic E-state index is 0.247. The molecule has 0 unspecified atom stereocenters. The number of hydrogen-bond donors (Lipinski definition) is 1. The van der Waals surface area contributed by atoms with E-state index < -0.39 is 6.03 Å². The molecule has 32 heavy (non-hydrogen) atoms. The lowest BCUT2D eigenvalue weighted by Gasteiger charge is -2.32. The average Bonchev–Trinajstić information content (AvgIpc) is 3.18. The fourth-order valence-corrected chi connectivity index (χ4v) is 4.62. The van der Waals surface area contributed by atoms with Crippen LogP contribution < -0.4 is 10.2 Å². The number of likely N-dealkylation sites (tertiary alicyclic amines) is 1. The molecule has 8 nitrogen and oxygen atoms in total. The molecule has 0 aromatic carbocycles. The van der Waals surface area contributed by atoms with Crippen LogP contribution >= 0.6 is 0 Å². The van der Waals surface area contributed by atoms with E-state index in [0.717, 1.165) is 55.7 Å². The van der Waals surface area contributed by atoms with E-state index in [1.54, 1.807) is 27.9 Å². The Balaban J connectivity index is 1.23. The molecule has 5 rings (SSSR count). The predicted molar refractivity (Wildman–Crippen MR) is 117 cm³/mol. The molecule has 0 bridgehead atoms. The highest BCUT2D eigenvalue weighted by molar-refractivity contribution is 6.07. The first-order valence-corrected chi connectivity index (χ1v) is 10.9. The van der Waals surface area contributed by atoms with Gasteiger partial charge in [0.2, 0.25) is 5.91 Å². The van der Waals surface area contributed by atoms with Crippen LogP contribution in [0.3, 0.4) is 0 Å². The molecule has 1 N–H and O–H groups in total. The van der Waals surface area contributed by atoms with Gasteiger partial charge in [-0.3, -0.25) is 24.9 Å². The number of amides is 3. The van der Waals surface area contributed by atoms with Crippen LogP contribution in [0.1, 0.15) is 30.4 Å². The van der Waals surface area contributed by atoms with Crippen LogP contribution in [0, 0.1) is 11.7 Å². The topological polar surface area (TPSA) is 82.8 Å². The van der Waals surface area contributed by atoms with Crippen LogP contribution in [0.4, 0.5) is 14.9 Å². The molecule has 3 aromatic rings. The zero-order valence-corrected chi connectivity index (χ0v) is 17.7. The van der Waals surface area contributed by atoms with Gasteiger partial charge in [-0.05, 0) is 67.6 Å². The van der Waals surface area contributed by atoms with Gasteiger partial charge < -0.3 is 0 Å². The van der Waals surface area contributed by atoms with Gasteiger partial charge in [-0.25, -0.2) is 13.7 Å². The van der Waals surface area contributed by atoms with Crippen LogP contribution in [0.5, 0.6) is 0 Å². The molecule has 166 valence electrons. The van der Waals surface area contributed by atoms with Gasteiger partial charge in [-0.1, -0.05) is 0 Å².